The molecule has 0 aliphatic heterocycles. The predicted molar refractivity (Wildman–Crippen MR) is 53.8 cm³/mol. The van der Waals surface area contributed by atoms with Gasteiger partial charge in [0.25, 0.3) is 0 Å². The monoisotopic (exact) mass is 216 g/mol. The van der Waals surface area contributed by atoms with Gasteiger partial charge in [-0.25, -0.2) is 13.6 Å². The van der Waals surface area contributed by atoms with Crippen molar-refractivity contribution in [3.63, 3.8) is 0 Å². The molecule has 0 bridgehead atoms. The van der Waals surface area contributed by atoms with Gasteiger partial charge in [-0.15, -0.1) is 0 Å². The largest absolute Gasteiger partial charge is 0.506 e. The number of phenolic OH excluding ortho intramolecular Hbond substituents is 1. The van der Waals surface area contributed by atoms with Crippen LogP contribution in [0.1, 0.15) is 0 Å². The number of benzene rings is 1. The van der Waals surface area contributed by atoms with E-state index in [-0.39, 0.29) is 16.3 Å². The molecule has 0 atom stereocenters. The minimum atomic E-state index is -3.80. The van der Waals surface area contributed by atoms with Crippen molar-refractivity contribution in [2.45, 2.75) is 4.90 Å². The first-order valence-corrected chi connectivity index (χ1v) is 5.41. The van der Waals surface area contributed by atoms with Crippen molar-refractivity contribution in [1.82, 2.24) is 0 Å². The molecule has 6 heteroatoms. The van der Waals surface area contributed by atoms with Crippen molar-refractivity contribution in [2.75, 3.05) is 19.0 Å². The molecule has 0 unspecified atom stereocenters. The van der Waals surface area contributed by atoms with Gasteiger partial charge in [0, 0.05) is 14.1 Å². The summed E-state index contributed by atoms with van der Waals surface area (Å²) in [4.78, 5) is 1.41. The third-order valence-electron chi connectivity index (χ3n) is 1.73. The normalized spacial score (nSPS) is 11.4. The van der Waals surface area contributed by atoms with Crippen molar-refractivity contribution in [2.24, 2.45) is 5.14 Å². The summed E-state index contributed by atoms with van der Waals surface area (Å²) >= 11 is 0. The first-order chi connectivity index (χ1) is 6.34. The lowest BCUT2D eigenvalue weighted by atomic mass is 10.3. The minimum absolute atomic E-state index is 0.0810. The quantitative estimate of drug-likeness (QED) is 0.734. The summed E-state index contributed by atoms with van der Waals surface area (Å²) in [6.45, 7) is 0. The number of anilines is 1. The van der Waals surface area contributed by atoms with E-state index in [0.717, 1.165) is 0 Å². The van der Waals surface area contributed by atoms with Crippen LogP contribution in [-0.4, -0.2) is 27.6 Å². The molecule has 0 amide bonds. The van der Waals surface area contributed by atoms with Crippen LogP contribution < -0.4 is 10.0 Å². The highest BCUT2D eigenvalue weighted by atomic mass is 32.2. The molecule has 3 N–H and O–H groups in total. The van der Waals surface area contributed by atoms with E-state index >= 15 is 0 Å². The molecule has 1 aromatic rings. The number of hydrogen-bond donors (Lipinski definition) is 2. The van der Waals surface area contributed by atoms with E-state index < -0.39 is 10.0 Å². The highest BCUT2D eigenvalue weighted by Gasteiger charge is 2.17. The predicted octanol–water partition coefficient (Wildman–Crippen LogP) is 0.106. The topological polar surface area (TPSA) is 83.6 Å². The SMILES string of the molecule is CN(C)c1c(O)cccc1S(N)(=O)=O. The molecule has 1 rings (SSSR count). The van der Waals surface area contributed by atoms with E-state index in [4.69, 9.17) is 5.14 Å². The second kappa shape index (κ2) is 3.47. The van der Waals surface area contributed by atoms with Gasteiger partial charge in [0.2, 0.25) is 10.0 Å². The van der Waals surface area contributed by atoms with Gasteiger partial charge < -0.3 is 10.0 Å². The molecule has 0 saturated heterocycles. The van der Waals surface area contributed by atoms with E-state index in [1.165, 1.54) is 23.1 Å². The lowest BCUT2D eigenvalue weighted by Gasteiger charge is -2.17. The number of rotatable bonds is 2. The highest BCUT2D eigenvalue weighted by molar-refractivity contribution is 7.89. The Bertz CT molecular complexity index is 440. The Labute approximate surface area is 82.8 Å². The molecule has 0 aromatic heterocycles. The molecule has 78 valence electrons. The average Bonchev–Trinajstić information content (AvgIpc) is 2.01. The van der Waals surface area contributed by atoms with Crippen molar-refractivity contribution >= 4 is 15.7 Å². The smallest absolute Gasteiger partial charge is 0.240 e. The maximum Gasteiger partial charge on any atom is 0.240 e. The molecule has 1 aromatic carbocycles. The minimum Gasteiger partial charge on any atom is -0.506 e. The number of sulfonamides is 1. The lowest BCUT2D eigenvalue weighted by molar-refractivity contribution is 0.473. The van der Waals surface area contributed by atoms with E-state index in [2.05, 4.69) is 0 Å². The second-order valence-corrected chi connectivity index (χ2v) is 4.59. The zero-order valence-corrected chi connectivity index (χ0v) is 8.75. The van der Waals surface area contributed by atoms with Gasteiger partial charge in [-0.1, -0.05) is 6.07 Å². The Morgan fingerprint density at radius 1 is 1.36 bits per heavy atom. The highest BCUT2D eigenvalue weighted by Crippen LogP contribution is 2.31. The molecule has 14 heavy (non-hydrogen) atoms. The summed E-state index contributed by atoms with van der Waals surface area (Å²) in [7, 11) is -0.545. The van der Waals surface area contributed by atoms with Crippen molar-refractivity contribution in [1.29, 1.82) is 0 Å². The van der Waals surface area contributed by atoms with Gasteiger partial charge in [-0.3, -0.25) is 0 Å². The molecular formula is C8H12N2O3S. The Kier molecular flexibility index (Phi) is 2.68. The van der Waals surface area contributed by atoms with Gasteiger partial charge >= 0.3 is 0 Å². The maximum absolute atomic E-state index is 11.2. The Morgan fingerprint density at radius 3 is 2.29 bits per heavy atom. The molecule has 5 nitrogen and oxygen atoms in total. The number of phenols is 1. The van der Waals surface area contributed by atoms with Crippen LogP contribution in [0.25, 0.3) is 0 Å². The summed E-state index contributed by atoms with van der Waals surface area (Å²) in [6, 6.07) is 4.19. The van der Waals surface area contributed by atoms with Crippen LogP contribution in [0.3, 0.4) is 0 Å². The van der Waals surface area contributed by atoms with Gasteiger partial charge in [0.15, 0.2) is 0 Å². The molecule has 0 saturated carbocycles. The summed E-state index contributed by atoms with van der Waals surface area (Å²) in [5.74, 6) is -0.110. The molecule has 0 radical (unpaired) electrons. The zero-order valence-electron chi connectivity index (χ0n) is 7.93. The van der Waals surface area contributed by atoms with E-state index in [9.17, 15) is 13.5 Å². The van der Waals surface area contributed by atoms with Crippen LogP contribution >= 0.6 is 0 Å². The van der Waals surface area contributed by atoms with Gasteiger partial charge in [0.1, 0.15) is 10.6 Å². The number of nitrogens with two attached hydrogens (primary N) is 1. The zero-order chi connectivity index (χ0) is 10.9. The van der Waals surface area contributed by atoms with Gasteiger partial charge in [-0.2, -0.15) is 0 Å². The standard InChI is InChI=1S/C8H12N2O3S/c1-10(2)8-6(11)4-3-5-7(8)14(9,12)13/h3-5,11H,1-2H3,(H2,9,12,13). The van der Waals surface area contributed by atoms with Gasteiger partial charge in [0.05, 0.1) is 5.69 Å². The van der Waals surface area contributed by atoms with Crippen LogP contribution in [0, 0.1) is 0 Å². The van der Waals surface area contributed by atoms with Gasteiger partial charge in [-0.05, 0) is 12.1 Å². The fraction of sp³-hybridized carbons (Fsp3) is 0.250. The van der Waals surface area contributed by atoms with Crippen molar-refractivity contribution in [3.05, 3.63) is 18.2 Å². The fourth-order valence-corrected chi connectivity index (χ4v) is 2.01. The van der Waals surface area contributed by atoms with Crippen molar-refractivity contribution < 1.29 is 13.5 Å². The summed E-state index contributed by atoms with van der Waals surface area (Å²) < 4.78 is 22.3. The first kappa shape index (κ1) is 10.8. The van der Waals surface area contributed by atoms with Crippen LogP contribution in [0.5, 0.6) is 5.75 Å². The Balaban J connectivity index is 3.52. The Hall–Kier alpha value is -1.27. The summed E-state index contributed by atoms with van der Waals surface area (Å²) in [6.07, 6.45) is 0. The van der Waals surface area contributed by atoms with Crippen LogP contribution in [0.2, 0.25) is 0 Å². The van der Waals surface area contributed by atoms with Crippen LogP contribution in [0.15, 0.2) is 23.1 Å². The summed E-state index contributed by atoms with van der Waals surface area (Å²) in [5.41, 5.74) is 0.204. The Morgan fingerprint density at radius 2 is 1.93 bits per heavy atom. The lowest BCUT2D eigenvalue weighted by Crippen LogP contribution is -2.18. The first-order valence-electron chi connectivity index (χ1n) is 3.86. The number of nitrogens with zero attached hydrogens (tertiary/aromatic N) is 1. The fourth-order valence-electron chi connectivity index (χ4n) is 1.19. The number of hydrogen-bond acceptors (Lipinski definition) is 4. The molecule has 0 aliphatic rings. The van der Waals surface area contributed by atoms with E-state index in [0.29, 0.717) is 0 Å². The average molecular weight is 216 g/mol. The van der Waals surface area contributed by atoms with E-state index in [1.54, 1.807) is 14.1 Å². The van der Waals surface area contributed by atoms with Crippen LogP contribution in [0.4, 0.5) is 5.69 Å². The number of para-hydroxylation sites is 1. The molecule has 0 spiro atoms. The molecule has 0 aliphatic carbocycles. The molecular weight excluding hydrogens is 204 g/mol. The summed E-state index contributed by atoms with van der Waals surface area (Å²) in [5, 5.41) is 14.5. The second-order valence-electron chi connectivity index (χ2n) is 3.06. The third-order valence-corrected chi connectivity index (χ3v) is 2.67. The number of aromatic hydroxyl groups is 1. The number of primary sulfonamides is 1. The van der Waals surface area contributed by atoms with E-state index in [1.807, 2.05) is 0 Å². The molecule has 0 fully saturated rings. The van der Waals surface area contributed by atoms with Crippen molar-refractivity contribution in [3.8, 4) is 5.75 Å². The maximum atomic E-state index is 11.2. The van der Waals surface area contributed by atoms with Crippen LogP contribution in [-0.2, 0) is 10.0 Å². The third kappa shape index (κ3) is 1.97. The molecule has 0 heterocycles.